The van der Waals surface area contributed by atoms with Crippen LogP contribution in [0.15, 0.2) is 54.9 Å². The van der Waals surface area contributed by atoms with Crippen molar-refractivity contribution in [3.05, 3.63) is 66.0 Å². The van der Waals surface area contributed by atoms with E-state index in [0.29, 0.717) is 28.6 Å². The van der Waals surface area contributed by atoms with E-state index in [-0.39, 0.29) is 37.5 Å². The fourth-order valence-corrected chi connectivity index (χ4v) is 6.76. The van der Waals surface area contributed by atoms with Crippen molar-refractivity contribution in [2.45, 2.75) is 137 Å². The fourth-order valence-electron chi connectivity index (χ4n) is 6.76. The molecule has 14 heteroatoms. The van der Waals surface area contributed by atoms with Gasteiger partial charge in [-0.05, 0) is 96.3 Å². The molecule has 320 valence electrons. The van der Waals surface area contributed by atoms with Gasteiger partial charge in [-0.3, -0.25) is 9.88 Å². The van der Waals surface area contributed by atoms with Crippen molar-refractivity contribution in [2.75, 3.05) is 13.7 Å². The van der Waals surface area contributed by atoms with Gasteiger partial charge in [0.1, 0.15) is 47.9 Å². The van der Waals surface area contributed by atoms with E-state index < -0.39 is 58.9 Å². The molecule has 0 bridgehead atoms. The topological polar surface area (TPSA) is 165 Å². The number of pyridine rings is 2. The largest absolute Gasteiger partial charge is 0.487 e. The molecule has 14 nitrogen and oxygen atoms in total. The molecule has 2 aromatic heterocycles. The van der Waals surface area contributed by atoms with E-state index in [1.54, 1.807) is 60.0 Å². The number of benzene rings is 1. The monoisotopic (exact) mass is 816 g/mol. The first-order valence-electron chi connectivity index (χ1n) is 20.3. The smallest absolute Gasteiger partial charge is 0.411 e. The third-order valence-electron chi connectivity index (χ3n) is 9.73. The highest BCUT2D eigenvalue weighted by molar-refractivity contribution is 5.90. The van der Waals surface area contributed by atoms with Crippen molar-refractivity contribution in [2.24, 2.45) is 11.3 Å². The Morgan fingerprint density at radius 1 is 0.949 bits per heavy atom. The number of carbonyl (C=O) groups is 4. The van der Waals surface area contributed by atoms with Crippen LogP contribution in [0.1, 0.15) is 106 Å². The second-order valence-corrected chi connectivity index (χ2v) is 18.2. The molecule has 0 spiro atoms. The number of amides is 2. The summed E-state index contributed by atoms with van der Waals surface area (Å²) in [5.74, 6) is -0.0441. The van der Waals surface area contributed by atoms with Crippen LogP contribution >= 0.6 is 0 Å². The fraction of sp³-hybridized carbons (Fsp3) is 0.556. The molecule has 2 aliphatic rings. The molecule has 1 saturated carbocycles. The maximum Gasteiger partial charge on any atom is 0.411 e. The molecule has 0 radical (unpaired) electrons. The van der Waals surface area contributed by atoms with Crippen LogP contribution in [0, 0.1) is 11.3 Å². The Bertz CT molecular complexity index is 1980. The summed E-state index contributed by atoms with van der Waals surface area (Å²) in [7, 11) is 1.28. The number of aromatic nitrogens is 2. The Morgan fingerprint density at radius 2 is 1.66 bits per heavy atom. The highest BCUT2D eigenvalue weighted by Crippen LogP contribution is 2.40. The van der Waals surface area contributed by atoms with Gasteiger partial charge in [-0.2, -0.15) is 0 Å². The van der Waals surface area contributed by atoms with Crippen LogP contribution in [0.3, 0.4) is 0 Å². The van der Waals surface area contributed by atoms with Gasteiger partial charge in [-0.15, -0.1) is 0 Å². The summed E-state index contributed by atoms with van der Waals surface area (Å²) >= 11 is 0. The van der Waals surface area contributed by atoms with Crippen molar-refractivity contribution in [3.63, 3.8) is 0 Å². The lowest BCUT2D eigenvalue weighted by Gasteiger charge is -2.32. The minimum atomic E-state index is -0.900. The van der Waals surface area contributed by atoms with Gasteiger partial charge < -0.3 is 33.7 Å². The van der Waals surface area contributed by atoms with Gasteiger partial charge in [-0.25, -0.2) is 24.2 Å². The van der Waals surface area contributed by atoms with Gasteiger partial charge >= 0.3 is 24.1 Å². The Balaban J connectivity index is 1.30. The summed E-state index contributed by atoms with van der Waals surface area (Å²) in [5, 5.41) is 3.43. The van der Waals surface area contributed by atoms with Crippen LogP contribution in [-0.4, -0.2) is 88.1 Å². The van der Waals surface area contributed by atoms with Crippen molar-refractivity contribution in [3.8, 4) is 11.6 Å². The number of hydrogen-bond donors (Lipinski definition) is 1. The van der Waals surface area contributed by atoms with Crippen LogP contribution in [0.25, 0.3) is 17.0 Å². The molecule has 1 aromatic carbocycles. The maximum absolute atomic E-state index is 13.2. The van der Waals surface area contributed by atoms with Gasteiger partial charge in [0, 0.05) is 18.8 Å². The summed E-state index contributed by atoms with van der Waals surface area (Å²) in [6.07, 6.45) is 8.45. The average Bonchev–Trinajstić information content (AvgIpc) is 3.73. The first kappa shape index (κ1) is 44.7. The number of rotatable bonds is 14. The summed E-state index contributed by atoms with van der Waals surface area (Å²) in [6.45, 7) is 16.6. The molecule has 1 saturated heterocycles. The summed E-state index contributed by atoms with van der Waals surface area (Å²) in [6, 6.07) is 9.81. The number of alkyl carbamates (subject to hydrolysis) is 1. The number of carbonyl (C=O) groups excluding carboxylic acids is 4. The molecule has 5 atom stereocenters. The standard InChI is InChI=1S/C45H60N4O10/c1-43(2,3)37(40(51)58-44(4,5)6)48-41(52)57-35-23-29(35)19-15-12-16-20-31-36(55-27-28-17-13-11-14-18-28)32-25-46-22-21-33(32)47-38(31)56-30-24-34(39(50)54-10)49(26-30)42(53)59-45(7,8)9/h11,13-14,16-18,20-22,25,29-30,34-35,37H,12,15,19,23-24,26-27H2,1-10H3,(H,48,52)/t29-,30?,34?,35-,37-/m1/s1. The predicted octanol–water partition coefficient (Wildman–Crippen LogP) is 8.19. The normalized spacial score (nSPS) is 19.9. The number of allylic oxidation sites excluding steroid dienone is 1. The number of methoxy groups -OCH3 is 1. The minimum Gasteiger partial charge on any atom is -0.487 e. The summed E-state index contributed by atoms with van der Waals surface area (Å²) < 4.78 is 35.0. The van der Waals surface area contributed by atoms with Gasteiger partial charge in [0.15, 0.2) is 0 Å². The molecular weight excluding hydrogens is 757 g/mol. The highest BCUT2D eigenvalue weighted by atomic mass is 16.6. The van der Waals surface area contributed by atoms with E-state index in [2.05, 4.69) is 10.3 Å². The van der Waals surface area contributed by atoms with Crippen LogP contribution in [-0.2, 0) is 35.1 Å². The Labute approximate surface area is 347 Å². The van der Waals surface area contributed by atoms with E-state index in [0.717, 1.165) is 24.8 Å². The van der Waals surface area contributed by atoms with Crippen LogP contribution in [0.4, 0.5) is 9.59 Å². The zero-order valence-electron chi connectivity index (χ0n) is 36.0. The van der Waals surface area contributed by atoms with E-state index in [9.17, 15) is 19.2 Å². The third-order valence-corrected chi connectivity index (χ3v) is 9.73. The number of ether oxygens (including phenoxy) is 6. The van der Waals surface area contributed by atoms with Crippen molar-refractivity contribution in [1.29, 1.82) is 0 Å². The first-order chi connectivity index (χ1) is 27.7. The lowest BCUT2D eigenvalue weighted by molar-refractivity contribution is -0.160. The molecule has 1 N–H and O–H groups in total. The molecule has 1 aliphatic carbocycles. The number of fused-ring (bicyclic) bond motifs is 1. The second kappa shape index (κ2) is 18.7. The van der Waals surface area contributed by atoms with E-state index >= 15 is 0 Å². The average molecular weight is 817 g/mol. The zero-order valence-corrected chi connectivity index (χ0v) is 36.0. The molecule has 1 aliphatic heterocycles. The van der Waals surface area contributed by atoms with Crippen LogP contribution < -0.4 is 14.8 Å². The maximum atomic E-state index is 13.2. The Morgan fingerprint density at radius 3 is 2.32 bits per heavy atom. The number of hydrogen-bond acceptors (Lipinski definition) is 12. The minimum absolute atomic E-state index is 0.0780. The lowest BCUT2D eigenvalue weighted by Crippen LogP contribution is -2.51. The lowest BCUT2D eigenvalue weighted by atomic mass is 9.86. The molecule has 59 heavy (non-hydrogen) atoms. The second-order valence-electron chi connectivity index (χ2n) is 18.2. The number of unbranched alkanes of at least 4 members (excludes halogenated alkanes) is 1. The third kappa shape index (κ3) is 12.8. The zero-order chi connectivity index (χ0) is 43.1. The number of nitrogens with one attached hydrogen (secondary N) is 1. The molecule has 2 amide bonds. The quantitative estimate of drug-likeness (QED) is 0.0944. The van der Waals surface area contributed by atoms with Crippen molar-refractivity contribution < 1.29 is 47.6 Å². The SMILES string of the molecule is COC(=O)C1CC(Oc2nc3ccncc3c(OCc3ccccc3)c2C=CCCC[C@@H]2C[C@H]2OC(=O)N[C@H](C(=O)OC(C)(C)C)C(C)(C)C)CN1C(=O)OC(C)(C)C. The number of nitrogens with zero attached hydrogens (tertiary/aromatic N) is 3. The summed E-state index contributed by atoms with van der Waals surface area (Å²) in [4.78, 5) is 62.4. The predicted molar refractivity (Wildman–Crippen MR) is 222 cm³/mol. The van der Waals surface area contributed by atoms with E-state index in [1.165, 1.54) is 12.0 Å². The van der Waals surface area contributed by atoms with Crippen LogP contribution in [0.2, 0.25) is 0 Å². The number of likely N-dealkylation sites (tertiary alicyclic amines) is 1. The molecule has 2 unspecified atom stereocenters. The van der Waals surface area contributed by atoms with Gasteiger partial charge in [0.05, 0.1) is 30.1 Å². The van der Waals surface area contributed by atoms with Crippen molar-refractivity contribution >= 4 is 41.1 Å². The summed E-state index contributed by atoms with van der Waals surface area (Å²) in [5.41, 5.74) is 0.131. The van der Waals surface area contributed by atoms with E-state index in [4.69, 9.17) is 33.4 Å². The van der Waals surface area contributed by atoms with Gasteiger partial charge in [0.2, 0.25) is 5.88 Å². The first-order valence-corrected chi connectivity index (χ1v) is 20.3. The van der Waals surface area contributed by atoms with Gasteiger partial charge in [-0.1, -0.05) is 57.2 Å². The Hall–Kier alpha value is -5.40. The van der Waals surface area contributed by atoms with E-state index in [1.807, 2.05) is 63.3 Å². The Kier molecular flexibility index (Phi) is 14.1. The van der Waals surface area contributed by atoms with Crippen molar-refractivity contribution in [1.82, 2.24) is 20.2 Å². The molecule has 5 rings (SSSR count). The molecular formula is C45H60N4O10. The van der Waals surface area contributed by atoms with Gasteiger partial charge in [0.25, 0.3) is 0 Å². The molecule has 3 heterocycles. The van der Waals surface area contributed by atoms with Crippen LogP contribution in [0.5, 0.6) is 11.6 Å². The number of esters is 2. The molecule has 3 aromatic rings. The molecule has 2 fully saturated rings. The highest BCUT2D eigenvalue weighted by Gasteiger charge is 2.44.